The van der Waals surface area contributed by atoms with Crippen LogP contribution < -0.4 is 31.5 Å². The van der Waals surface area contributed by atoms with Gasteiger partial charge >= 0.3 is 6.03 Å². The van der Waals surface area contributed by atoms with Crippen LogP contribution in [0, 0.1) is 0 Å². The number of hydrogen-bond acceptors (Lipinski definition) is 7. The minimum atomic E-state index is -1.56. The van der Waals surface area contributed by atoms with Gasteiger partial charge in [-0.1, -0.05) is 35.3 Å². The second-order valence-electron chi connectivity index (χ2n) is 8.10. The van der Waals surface area contributed by atoms with Gasteiger partial charge in [-0.15, -0.1) is 0 Å². The Hall–Kier alpha value is -3.50. The van der Waals surface area contributed by atoms with E-state index in [0.717, 1.165) is 0 Å². The Balaban J connectivity index is 1.95. The number of β-amino-alcohol motifs (C(OH)–C–C–N with tert-alkyl or cyclic N) is 1. The van der Waals surface area contributed by atoms with Gasteiger partial charge in [-0.05, 0) is 59.7 Å². The van der Waals surface area contributed by atoms with Gasteiger partial charge in [-0.3, -0.25) is 5.43 Å². The fourth-order valence-corrected chi connectivity index (χ4v) is 4.89. The van der Waals surface area contributed by atoms with E-state index in [4.69, 9.17) is 38.5 Å². The number of hydrazine groups is 1. The molecule has 0 radical (unpaired) electrons. The van der Waals surface area contributed by atoms with E-state index in [1.54, 1.807) is 62.8 Å². The molecule has 11 heteroatoms. The maximum Gasteiger partial charge on any atom is 0.349 e. The van der Waals surface area contributed by atoms with E-state index in [2.05, 4.69) is 15.8 Å². The van der Waals surface area contributed by atoms with Gasteiger partial charge in [0.15, 0.2) is 0 Å². The molecule has 0 spiro atoms. The number of aliphatic hydroxyl groups is 1. The first-order chi connectivity index (χ1) is 17.3. The number of rotatable bonds is 7. The highest BCUT2D eigenvalue weighted by atomic mass is 35.5. The second kappa shape index (κ2) is 10.6. The number of fused-ring (bicyclic) bond motifs is 1. The molecule has 1 aliphatic rings. The number of hydrazone groups is 1. The molecule has 2 unspecified atom stereocenters. The maximum atomic E-state index is 12.3. The Labute approximate surface area is 218 Å². The number of ether oxygens (including phenoxy) is 2. The average Bonchev–Trinajstić information content (AvgIpc) is 3.23. The summed E-state index contributed by atoms with van der Waals surface area (Å²) in [5.74, 6) is 5.73. The summed E-state index contributed by atoms with van der Waals surface area (Å²) in [6.45, 7) is 0.108. The monoisotopic (exact) mass is 529 g/mol. The lowest BCUT2D eigenvalue weighted by Crippen LogP contribution is -2.42. The molecule has 4 rings (SSSR count). The van der Waals surface area contributed by atoms with Crippen molar-refractivity contribution in [2.75, 3.05) is 26.1 Å². The third-order valence-corrected chi connectivity index (χ3v) is 6.57. The molecule has 1 aliphatic heterocycles. The fraction of sp³-hybridized carbons (Fsp3) is 0.200. The Bertz CT molecular complexity index is 1280. The van der Waals surface area contributed by atoms with Gasteiger partial charge in [-0.2, -0.15) is 5.10 Å². The highest BCUT2D eigenvalue weighted by Crippen LogP contribution is 2.49. The smallest absolute Gasteiger partial charge is 0.349 e. The first-order valence-corrected chi connectivity index (χ1v) is 11.6. The normalized spacial score (nSPS) is 17.6. The van der Waals surface area contributed by atoms with Gasteiger partial charge < -0.3 is 19.9 Å². The molecule has 188 valence electrons. The van der Waals surface area contributed by atoms with E-state index in [1.165, 1.54) is 0 Å². The Morgan fingerprint density at radius 2 is 1.69 bits per heavy atom. The molecule has 2 atom stereocenters. The lowest BCUT2D eigenvalue weighted by molar-refractivity contribution is 0.0484. The lowest BCUT2D eigenvalue weighted by Gasteiger charge is -2.34. The van der Waals surface area contributed by atoms with Crippen molar-refractivity contribution in [3.8, 4) is 11.5 Å². The molecule has 0 saturated heterocycles. The number of nitrogens with one attached hydrogen (secondary N) is 3. The highest BCUT2D eigenvalue weighted by molar-refractivity contribution is 6.36. The molecule has 0 fully saturated rings. The van der Waals surface area contributed by atoms with Crippen LogP contribution in [0.25, 0.3) is 0 Å². The third kappa shape index (κ3) is 4.91. The molecule has 0 aliphatic carbocycles. The number of carbonyl (C=O) groups is 1. The molecular formula is C25H25Cl2N5O4. The topological polar surface area (TPSA) is 130 Å². The maximum absolute atomic E-state index is 12.3. The van der Waals surface area contributed by atoms with Crippen molar-refractivity contribution >= 4 is 40.6 Å². The molecule has 0 saturated carbocycles. The number of benzene rings is 3. The van der Waals surface area contributed by atoms with E-state index in [9.17, 15) is 9.90 Å². The Morgan fingerprint density at radius 1 is 1.08 bits per heavy atom. The van der Waals surface area contributed by atoms with Crippen LogP contribution in [0.2, 0.25) is 10.0 Å². The molecule has 9 nitrogen and oxygen atoms in total. The van der Waals surface area contributed by atoms with E-state index in [0.29, 0.717) is 49.6 Å². The third-order valence-electron chi connectivity index (χ3n) is 6.05. The summed E-state index contributed by atoms with van der Waals surface area (Å²) in [4.78, 5) is 12.0. The van der Waals surface area contributed by atoms with E-state index in [1.807, 2.05) is 17.6 Å². The summed E-state index contributed by atoms with van der Waals surface area (Å²) in [6, 6.07) is 16.9. The van der Waals surface area contributed by atoms with Crippen molar-refractivity contribution < 1.29 is 19.4 Å². The summed E-state index contributed by atoms with van der Waals surface area (Å²) >= 11 is 12.8. The first-order valence-electron chi connectivity index (χ1n) is 10.9. The number of nitrogens with two attached hydrogens (primary N) is 1. The zero-order chi connectivity index (χ0) is 25.9. The lowest BCUT2D eigenvalue weighted by atomic mass is 9.74. The van der Waals surface area contributed by atoms with Crippen molar-refractivity contribution in [3.05, 3.63) is 87.4 Å². The largest absolute Gasteiger partial charge is 0.497 e. The minimum Gasteiger partial charge on any atom is -0.497 e. The van der Waals surface area contributed by atoms with Gasteiger partial charge in [0.2, 0.25) is 0 Å². The number of urea groups is 1. The number of anilines is 1. The second-order valence-corrected chi connectivity index (χ2v) is 8.95. The quantitative estimate of drug-likeness (QED) is 0.136. The van der Waals surface area contributed by atoms with Crippen LogP contribution in [0.5, 0.6) is 11.5 Å². The molecule has 0 bridgehead atoms. The molecule has 1 heterocycles. The fourth-order valence-electron chi connectivity index (χ4n) is 4.33. The summed E-state index contributed by atoms with van der Waals surface area (Å²) < 4.78 is 10.6. The Kier molecular flexibility index (Phi) is 7.56. The van der Waals surface area contributed by atoms with Crippen molar-refractivity contribution in [1.29, 1.82) is 0 Å². The van der Waals surface area contributed by atoms with Gasteiger partial charge in [0, 0.05) is 17.1 Å². The van der Waals surface area contributed by atoms with Gasteiger partial charge in [0.1, 0.15) is 17.1 Å². The standard InChI is InChI=1S/C25H25Cl2N5O4/c1-35-17-7-3-14(4-8-17)21(25(34)13-29-23-19(25)11-16(26)12-20(23)27)22(31-32-24(33)30-28)15-5-9-18(36-2)10-6-15/h3-12,21,29,34H,13,28H2,1-2H3,(H2,30,32,33). The number of carbonyl (C=O) groups excluding carboxylic acids is 1. The van der Waals surface area contributed by atoms with Crippen molar-refractivity contribution in [1.82, 2.24) is 10.9 Å². The first kappa shape index (κ1) is 25.6. The number of halogens is 2. The zero-order valence-corrected chi connectivity index (χ0v) is 21.0. The molecule has 36 heavy (non-hydrogen) atoms. The number of nitrogens with zero attached hydrogens (tertiary/aromatic N) is 1. The van der Waals surface area contributed by atoms with Gasteiger partial charge in [0.05, 0.1) is 36.6 Å². The summed E-state index contributed by atoms with van der Waals surface area (Å²) in [7, 11) is 3.13. The van der Waals surface area contributed by atoms with Gasteiger partial charge in [0.25, 0.3) is 0 Å². The predicted molar refractivity (Wildman–Crippen MR) is 140 cm³/mol. The minimum absolute atomic E-state index is 0.108. The van der Waals surface area contributed by atoms with Crippen LogP contribution in [0.1, 0.15) is 22.6 Å². The molecule has 3 aromatic rings. The van der Waals surface area contributed by atoms with Crippen LogP contribution in [-0.4, -0.2) is 37.6 Å². The highest BCUT2D eigenvalue weighted by Gasteiger charge is 2.48. The van der Waals surface area contributed by atoms with E-state index >= 15 is 0 Å². The summed E-state index contributed by atoms with van der Waals surface area (Å²) in [5.41, 5.74) is 5.60. The number of amides is 2. The number of methoxy groups -OCH3 is 2. The SMILES string of the molecule is COc1ccc(C(=NNC(=O)NN)C(c2ccc(OC)cc2)C2(O)CNc3c(Cl)cc(Cl)cc32)cc1. The van der Waals surface area contributed by atoms with Crippen LogP contribution in [0.3, 0.4) is 0 Å². The number of hydrogen-bond donors (Lipinski definition) is 5. The molecule has 3 aromatic carbocycles. The van der Waals surface area contributed by atoms with Crippen LogP contribution in [-0.2, 0) is 5.60 Å². The van der Waals surface area contributed by atoms with Crippen molar-refractivity contribution in [3.63, 3.8) is 0 Å². The molecule has 0 aromatic heterocycles. The predicted octanol–water partition coefficient (Wildman–Crippen LogP) is 3.98. The Morgan fingerprint density at radius 3 is 2.28 bits per heavy atom. The zero-order valence-electron chi connectivity index (χ0n) is 19.5. The van der Waals surface area contributed by atoms with E-state index < -0.39 is 17.6 Å². The molecule has 2 amide bonds. The van der Waals surface area contributed by atoms with E-state index in [-0.39, 0.29) is 6.54 Å². The average molecular weight is 530 g/mol. The van der Waals surface area contributed by atoms with Crippen molar-refractivity contribution in [2.45, 2.75) is 11.5 Å². The molecular weight excluding hydrogens is 505 g/mol. The van der Waals surface area contributed by atoms with Crippen LogP contribution >= 0.6 is 23.2 Å². The molecule has 6 N–H and O–H groups in total. The van der Waals surface area contributed by atoms with Crippen molar-refractivity contribution in [2.24, 2.45) is 10.9 Å². The summed E-state index contributed by atoms with van der Waals surface area (Å²) in [5, 5.41) is 20.7. The van der Waals surface area contributed by atoms with Crippen LogP contribution in [0.15, 0.2) is 65.8 Å². The van der Waals surface area contributed by atoms with Crippen LogP contribution in [0.4, 0.5) is 10.5 Å². The summed E-state index contributed by atoms with van der Waals surface area (Å²) in [6.07, 6.45) is 0. The van der Waals surface area contributed by atoms with Gasteiger partial charge in [-0.25, -0.2) is 16.1 Å².